The number of ether oxygens (including phenoxy) is 1. The average molecular weight is 288 g/mol. The molecule has 112 valence electrons. The third kappa shape index (κ3) is 3.79. The van der Waals surface area contributed by atoms with Crippen LogP contribution in [0.1, 0.15) is 29.8 Å². The lowest BCUT2D eigenvalue weighted by Crippen LogP contribution is -2.23. The number of likely N-dealkylation sites (N-methyl/N-ethyl adjacent to an activating group) is 1. The van der Waals surface area contributed by atoms with Crippen LogP contribution in [0.15, 0.2) is 36.5 Å². The Morgan fingerprint density at radius 2 is 2.10 bits per heavy atom. The largest absolute Gasteiger partial charge is 0.494 e. The summed E-state index contributed by atoms with van der Waals surface area (Å²) in [6.45, 7) is 4.80. The van der Waals surface area contributed by atoms with Crippen LogP contribution in [0.2, 0.25) is 0 Å². The molecule has 0 radical (unpaired) electrons. The smallest absolute Gasteiger partial charge is 0.168 e. The lowest BCUT2D eigenvalue weighted by atomic mass is 9.99. The molecule has 0 saturated heterocycles. The Bertz CT molecular complexity index is 584. The number of hydrogen-bond acceptors (Lipinski definition) is 3. The maximum atomic E-state index is 14.3. The van der Waals surface area contributed by atoms with Gasteiger partial charge in [0.15, 0.2) is 11.6 Å². The van der Waals surface area contributed by atoms with Gasteiger partial charge in [-0.15, -0.1) is 0 Å². The fourth-order valence-corrected chi connectivity index (χ4v) is 2.33. The minimum atomic E-state index is -0.289. The van der Waals surface area contributed by atoms with Gasteiger partial charge in [0.05, 0.1) is 7.11 Å². The highest BCUT2D eigenvalue weighted by atomic mass is 19.1. The standard InChI is InChI=1S/C17H21FN2O/c1-4-19-15(14-9-8-12(2)20-11-14)10-13-6-5-7-16(21-3)17(13)18/h5-9,11,15,19H,4,10H2,1-3H3. The van der Waals surface area contributed by atoms with Crippen LogP contribution in [0.5, 0.6) is 5.75 Å². The van der Waals surface area contributed by atoms with Crippen LogP contribution in [0.4, 0.5) is 4.39 Å². The van der Waals surface area contributed by atoms with Crippen molar-refractivity contribution in [2.75, 3.05) is 13.7 Å². The molecule has 0 saturated carbocycles. The monoisotopic (exact) mass is 288 g/mol. The van der Waals surface area contributed by atoms with E-state index in [2.05, 4.69) is 10.3 Å². The molecule has 0 fully saturated rings. The molecule has 21 heavy (non-hydrogen) atoms. The second kappa shape index (κ2) is 7.18. The Morgan fingerprint density at radius 3 is 2.71 bits per heavy atom. The highest BCUT2D eigenvalue weighted by Gasteiger charge is 2.16. The number of aryl methyl sites for hydroxylation is 1. The normalized spacial score (nSPS) is 12.2. The van der Waals surface area contributed by atoms with Gasteiger partial charge in [-0.2, -0.15) is 0 Å². The lowest BCUT2D eigenvalue weighted by molar-refractivity contribution is 0.382. The number of halogens is 1. The first-order chi connectivity index (χ1) is 10.2. The van der Waals surface area contributed by atoms with E-state index in [1.165, 1.54) is 7.11 Å². The van der Waals surface area contributed by atoms with Gasteiger partial charge in [0.2, 0.25) is 0 Å². The Morgan fingerprint density at radius 1 is 1.29 bits per heavy atom. The van der Waals surface area contributed by atoms with Gasteiger partial charge >= 0.3 is 0 Å². The Labute approximate surface area is 125 Å². The molecule has 4 heteroatoms. The molecule has 1 aromatic carbocycles. The predicted octanol–water partition coefficient (Wildman–Crippen LogP) is 3.43. The zero-order valence-corrected chi connectivity index (χ0v) is 12.7. The van der Waals surface area contributed by atoms with E-state index in [0.29, 0.717) is 12.0 Å². The van der Waals surface area contributed by atoms with Crippen LogP contribution in [0.25, 0.3) is 0 Å². The van der Waals surface area contributed by atoms with Gasteiger partial charge in [-0.25, -0.2) is 4.39 Å². The van der Waals surface area contributed by atoms with Gasteiger partial charge in [-0.3, -0.25) is 4.98 Å². The summed E-state index contributed by atoms with van der Waals surface area (Å²) in [7, 11) is 1.48. The number of nitrogens with one attached hydrogen (secondary N) is 1. The number of benzene rings is 1. The van der Waals surface area contributed by atoms with E-state index in [1.807, 2.05) is 38.2 Å². The van der Waals surface area contributed by atoms with Crippen molar-refractivity contribution >= 4 is 0 Å². The minimum Gasteiger partial charge on any atom is -0.494 e. The van der Waals surface area contributed by atoms with E-state index in [0.717, 1.165) is 17.8 Å². The zero-order chi connectivity index (χ0) is 15.2. The lowest BCUT2D eigenvalue weighted by Gasteiger charge is -2.19. The maximum Gasteiger partial charge on any atom is 0.168 e. The summed E-state index contributed by atoms with van der Waals surface area (Å²) in [5.74, 6) is -0.00671. The fraction of sp³-hybridized carbons (Fsp3) is 0.353. The van der Waals surface area contributed by atoms with Gasteiger partial charge in [-0.1, -0.05) is 25.1 Å². The summed E-state index contributed by atoms with van der Waals surface area (Å²) in [6, 6.07) is 9.28. The topological polar surface area (TPSA) is 34.1 Å². The van der Waals surface area contributed by atoms with Crippen molar-refractivity contribution in [1.82, 2.24) is 10.3 Å². The maximum absolute atomic E-state index is 14.3. The first kappa shape index (κ1) is 15.4. The van der Waals surface area contributed by atoms with Crippen molar-refractivity contribution in [2.24, 2.45) is 0 Å². The van der Waals surface area contributed by atoms with Crippen molar-refractivity contribution in [3.63, 3.8) is 0 Å². The van der Waals surface area contributed by atoms with Crippen LogP contribution in [-0.4, -0.2) is 18.6 Å². The van der Waals surface area contributed by atoms with E-state index >= 15 is 0 Å². The summed E-state index contributed by atoms with van der Waals surface area (Å²) in [6.07, 6.45) is 2.41. The Kier molecular flexibility index (Phi) is 5.28. The van der Waals surface area contributed by atoms with E-state index in [4.69, 9.17) is 4.74 Å². The van der Waals surface area contributed by atoms with Crippen LogP contribution in [-0.2, 0) is 6.42 Å². The number of hydrogen-bond donors (Lipinski definition) is 1. The second-order valence-corrected chi connectivity index (χ2v) is 4.98. The summed E-state index contributed by atoms with van der Waals surface area (Å²) >= 11 is 0. The fourth-order valence-electron chi connectivity index (χ4n) is 2.33. The third-order valence-electron chi connectivity index (χ3n) is 3.47. The summed E-state index contributed by atoms with van der Waals surface area (Å²) in [5.41, 5.74) is 2.67. The van der Waals surface area contributed by atoms with Crippen molar-refractivity contribution in [2.45, 2.75) is 26.3 Å². The van der Waals surface area contributed by atoms with Gasteiger partial charge in [0, 0.05) is 17.9 Å². The first-order valence-corrected chi connectivity index (χ1v) is 7.13. The van der Waals surface area contributed by atoms with Crippen LogP contribution in [0.3, 0.4) is 0 Å². The van der Waals surface area contributed by atoms with Crippen molar-refractivity contribution in [3.05, 3.63) is 59.2 Å². The van der Waals surface area contributed by atoms with E-state index in [-0.39, 0.29) is 17.6 Å². The number of aromatic nitrogens is 1. The summed E-state index contributed by atoms with van der Waals surface area (Å²) < 4.78 is 19.3. The van der Waals surface area contributed by atoms with E-state index in [9.17, 15) is 4.39 Å². The molecule has 1 atom stereocenters. The van der Waals surface area contributed by atoms with Crippen molar-refractivity contribution in [3.8, 4) is 5.75 Å². The van der Waals surface area contributed by atoms with Crippen molar-refractivity contribution in [1.29, 1.82) is 0 Å². The molecule has 0 aliphatic rings. The second-order valence-electron chi connectivity index (χ2n) is 4.98. The molecule has 0 aliphatic heterocycles. The number of pyridine rings is 1. The molecule has 0 bridgehead atoms. The Balaban J connectivity index is 2.26. The summed E-state index contributed by atoms with van der Waals surface area (Å²) in [4.78, 5) is 4.32. The number of methoxy groups -OCH3 is 1. The van der Waals surface area contributed by atoms with Crippen molar-refractivity contribution < 1.29 is 9.13 Å². The van der Waals surface area contributed by atoms with Gasteiger partial charge in [0.25, 0.3) is 0 Å². The molecule has 1 unspecified atom stereocenters. The van der Waals surface area contributed by atoms with E-state index in [1.54, 1.807) is 12.1 Å². The highest BCUT2D eigenvalue weighted by molar-refractivity contribution is 5.32. The quantitative estimate of drug-likeness (QED) is 0.884. The first-order valence-electron chi connectivity index (χ1n) is 7.13. The van der Waals surface area contributed by atoms with Gasteiger partial charge < -0.3 is 10.1 Å². The molecule has 2 rings (SSSR count). The average Bonchev–Trinajstić information content (AvgIpc) is 2.49. The molecule has 1 N–H and O–H groups in total. The molecule has 3 nitrogen and oxygen atoms in total. The molecule has 1 heterocycles. The molecule has 2 aromatic rings. The van der Waals surface area contributed by atoms with Crippen LogP contribution >= 0.6 is 0 Å². The predicted molar refractivity (Wildman–Crippen MR) is 82.0 cm³/mol. The van der Waals surface area contributed by atoms with Crippen LogP contribution in [0, 0.1) is 12.7 Å². The highest BCUT2D eigenvalue weighted by Crippen LogP contribution is 2.25. The molecule has 0 spiro atoms. The third-order valence-corrected chi connectivity index (χ3v) is 3.47. The van der Waals surface area contributed by atoms with Gasteiger partial charge in [-0.05, 0) is 43.1 Å². The molecule has 0 aliphatic carbocycles. The summed E-state index contributed by atoms with van der Waals surface area (Å²) in [5, 5.41) is 3.38. The SMILES string of the molecule is CCNC(Cc1cccc(OC)c1F)c1ccc(C)nc1. The molecule has 1 aromatic heterocycles. The molecule has 0 amide bonds. The zero-order valence-electron chi connectivity index (χ0n) is 12.7. The van der Waals surface area contributed by atoms with Gasteiger partial charge in [0.1, 0.15) is 0 Å². The number of nitrogens with zero attached hydrogens (tertiary/aromatic N) is 1. The minimum absolute atomic E-state index is 0.0321. The Hall–Kier alpha value is -1.94. The molecular weight excluding hydrogens is 267 g/mol. The molecular formula is C17H21FN2O. The van der Waals surface area contributed by atoms with Crippen LogP contribution < -0.4 is 10.1 Å². The van der Waals surface area contributed by atoms with E-state index < -0.39 is 0 Å². The number of rotatable bonds is 6.